The van der Waals surface area contributed by atoms with Crippen molar-refractivity contribution in [2.75, 3.05) is 27.3 Å². The number of hydrogen-bond acceptors (Lipinski definition) is 7. The fourth-order valence-corrected chi connectivity index (χ4v) is 3.17. The maximum absolute atomic E-state index is 11.0. The van der Waals surface area contributed by atoms with Crippen molar-refractivity contribution in [1.29, 1.82) is 0 Å². The maximum atomic E-state index is 11.0. The van der Waals surface area contributed by atoms with Crippen LogP contribution in [0.4, 0.5) is 4.79 Å². The van der Waals surface area contributed by atoms with Crippen molar-refractivity contribution in [3.05, 3.63) is 72.1 Å². The molecule has 0 saturated heterocycles. The van der Waals surface area contributed by atoms with Crippen LogP contribution in [-0.4, -0.2) is 61.0 Å². The highest BCUT2D eigenvalue weighted by molar-refractivity contribution is 6.11. The van der Waals surface area contributed by atoms with Crippen LogP contribution in [0.3, 0.4) is 0 Å². The van der Waals surface area contributed by atoms with Crippen LogP contribution >= 0.6 is 0 Å². The lowest BCUT2D eigenvalue weighted by Crippen LogP contribution is -2.32. The molecular formula is C32H44N4O4. The number of pyridine rings is 2. The topological polar surface area (TPSA) is 103 Å². The van der Waals surface area contributed by atoms with E-state index in [9.17, 15) is 9.59 Å². The summed E-state index contributed by atoms with van der Waals surface area (Å²) in [5.74, 6) is 0. The van der Waals surface area contributed by atoms with Crippen LogP contribution in [0.2, 0.25) is 0 Å². The van der Waals surface area contributed by atoms with E-state index >= 15 is 0 Å². The number of benzene rings is 1. The van der Waals surface area contributed by atoms with Gasteiger partial charge in [0.15, 0.2) is 0 Å². The Morgan fingerprint density at radius 3 is 2.40 bits per heavy atom. The zero-order chi connectivity index (χ0) is 30.0. The Balaban J connectivity index is 0.000000420. The van der Waals surface area contributed by atoms with Crippen molar-refractivity contribution < 1.29 is 19.1 Å². The summed E-state index contributed by atoms with van der Waals surface area (Å²) in [5.41, 5.74) is 4.62. The Hall–Kier alpha value is -3.91. The molecule has 1 N–H and O–H groups in total. The lowest BCUT2D eigenvalue weighted by molar-refractivity contribution is -0.104. The molecule has 0 aliphatic rings. The molecule has 0 atom stereocenters. The number of fused-ring (bicyclic) bond motifs is 1. The molecule has 8 heteroatoms. The molecule has 3 aromatic rings. The SMILES string of the molecule is CCCCNC(=O)OC(C)(C)C.CCOC.CN=C(/C=C(\C)C=O)c1ccnc(-c2cnc3ccccc3c2)c1. The molecule has 216 valence electrons. The van der Waals surface area contributed by atoms with Gasteiger partial charge < -0.3 is 14.8 Å². The monoisotopic (exact) mass is 548 g/mol. The Bertz CT molecular complexity index is 1260. The molecule has 0 fully saturated rings. The third-order valence-electron chi connectivity index (χ3n) is 5.22. The number of aromatic nitrogens is 2. The molecule has 0 spiro atoms. The molecular weight excluding hydrogens is 504 g/mol. The smallest absolute Gasteiger partial charge is 0.407 e. The third kappa shape index (κ3) is 13.2. The number of alkyl carbamates (subject to hydrolysis) is 1. The lowest BCUT2D eigenvalue weighted by atomic mass is 10.0. The van der Waals surface area contributed by atoms with E-state index in [0.29, 0.717) is 12.1 Å². The molecule has 8 nitrogen and oxygen atoms in total. The predicted molar refractivity (Wildman–Crippen MR) is 164 cm³/mol. The van der Waals surface area contributed by atoms with Crippen molar-refractivity contribution in [3.63, 3.8) is 0 Å². The number of amides is 1. The van der Waals surface area contributed by atoms with Gasteiger partial charge in [-0.25, -0.2) is 4.79 Å². The van der Waals surface area contributed by atoms with E-state index in [2.05, 4.69) is 38.0 Å². The van der Waals surface area contributed by atoms with E-state index in [1.54, 1.807) is 33.4 Å². The zero-order valence-electron chi connectivity index (χ0n) is 25.2. The third-order valence-corrected chi connectivity index (χ3v) is 5.22. The average Bonchev–Trinajstić information content (AvgIpc) is 2.95. The molecule has 2 heterocycles. The Kier molecular flexibility index (Phi) is 15.7. The molecule has 0 unspecified atom stereocenters. The molecule has 40 heavy (non-hydrogen) atoms. The fraction of sp³-hybridized carbons (Fsp3) is 0.406. The Morgan fingerprint density at radius 1 is 1.10 bits per heavy atom. The van der Waals surface area contributed by atoms with Gasteiger partial charge in [-0.3, -0.25) is 19.8 Å². The van der Waals surface area contributed by atoms with Gasteiger partial charge in [0.2, 0.25) is 0 Å². The van der Waals surface area contributed by atoms with Gasteiger partial charge in [-0.15, -0.1) is 0 Å². The van der Waals surface area contributed by atoms with Crippen molar-refractivity contribution >= 4 is 29.0 Å². The quantitative estimate of drug-likeness (QED) is 0.143. The number of nitrogens with one attached hydrogen (secondary N) is 1. The Labute approximate surface area is 238 Å². The zero-order valence-corrected chi connectivity index (χ0v) is 25.2. The van der Waals surface area contributed by atoms with E-state index in [4.69, 9.17) is 4.74 Å². The highest BCUT2D eigenvalue weighted by atomic mass is 16.6. The van der Waals surface area contributed by atoms with Crippen LogP contribution in [-0.2, 0) is 14.3 Å². The Morgan fingerprint density at radius 2 is 1.80 bits per heavy atom. The van der Waals surface area contributed by atoms with Crippen LogP contribution in [0.15, 0.2) is 71.5 Å². The second-order valence-corrected chi connectivity index (χ2v) is 9.82. The summed E-state index contributed by atoms with van der Waals surface area (Å²) in [7, 11) is 3.39. The number of carbonyl (C=O) groups is 2. The van der Waals surface area contributed by atoms with Crippen LogP contribution in [0.25, 0.3) is 22.2 Å². The minimum Gasteiger partial charge on any atom is -0.444 e. The molecule has 0 aliphatic carbocycles. The molecule has 0 bridgehead atoms. The molecule has 2 aromatic heterocycles. The number of ether oxygens (including phenoxy) is 2. The van der Waals surface area contributed by atoms with Gasteiger partial charge in [-0.05, 0) is 77.0 Å². The van der Waals surface area contributed by atoms with Crippen molar-refractivity contribution in [3.8, 4) is 11.3 Å². The standard InChI is InChI=1S/C20H17N3O.C9H19NO2.C3H8O/c1-14(13-24)9-19(21-2)16-7-8-22-20(11-16)17-10-15-5-3-4-6-18(15)23-12-17;1-5-6-7-10-8(11)12-9(2,3)4;1-3-4-2/h3-13H,1-2H3;5-7H2,1-4H3,(H,10,11);3H2,1-2H3/b14-9+,21-19?;;. The second kappa shape index (κ2) is 18.4. The van der Waals surface area contributed by atoms with Gasteiger partial charge in [0.1, 0.15) is 11.9 Å². The van der Waals surface area contributed by atoms with Crippen LogP contribution in [0, 0.1) is 0 Å². The fourth-order valence-electron chi connectivity index (χ4n) is 3.17. The van der Waals surface area contributed by atoms with Gasteiger partial charge in [-0.1, -0.05) is 31.5 Å². The summed E-state index contributed by atoms with van der Waals surface area (Å²) in [6, 6.07) is 13.9. The number of aldehydes is 1. The van der Waals surface area contributed by atoms with E-state index in [0.717, 1.165) is 59.2 Å². The number of hydrogen-bond donors (Lipinski definition) is 1. The number of unbranched alkanes of at least 4 members (excludes halogenated alkanes) is 1. The van der Waals surface area contributed by atoms with Crippen LogP contribution in [0.5, 0.6) is 0 Å². The summed E-state index contributed by atoms with van der Waals surface area (Å²) >= 11 is 0. The van der Waals surface area contributed by atoms with E-state index in [1.807, 2.05) is 70.3 Å². The molecule has 3 rings (SSSR count). The predicted octanol–water partition coefficient (Wildman–Crippen LogP) is 6.82. The first-order valence-corrected chi connectivity index (χ1v) is 13.5. The van der Waals surface area contributed by atoms with Gasteiger partial charge in [0.25, 0.3) is 0 Å². The minimum atomic E-state index is -0.393. The van der Waals surface area contributed by atoms with Crippen molar-refractivity contribution in [2.24, 2.45) is 4.99 Å². The largest absolute Gasteiger partial charge is 0.444 e. The van der Waals surface area contributed by atoms with Crippen LogP contribution < -0.4 is 5.32 Å². The normalized spacial score (nSPS) is 11.5. The van der Waals surface area contributed by atoms with Gasteiger partial charge in [0, 0.05) is 56.2 Å². The number of para-hydroxylation sites is 1. The lowest BCUT2D eigenvalue weighted by Gasteiger charge is -2.19. The first kappa shape index (κ1) is 34.1. The van der Waals surface area contributed by atoms with Gasteiger partial charge >= 0.3 is 6.09 Å². The second-order valence-electron chi connectivity index (χ2n) is 9.82. The summed E-state index contributed by atoms with van der Waals surface area (Å²) in [4.78, 5) is 35.1. The maximum Gasteiger partial charge on any atom is 0.407 e. The molecule has 0 saturated carbocycles. The van der Waals surface area contributed by atoms with E-state index < -0.39 is 5.60 Å². The van der Waals surface area contributed by atoms with Gasteiger partial charge in [-0.2, -0.15) is 0 Å². The average molecular weight is 549 g/mol. The molecule has 1 amide bonds. The summed E-state index contributed by atoms with van der Waals surface area (Å²) < 4.78 is 9.58. The number of allylic oxidation sites excluding steroid dienone is 2. The number of nitrogens with zero attached hydrogens (tertiary/aromatic N) is 3. The first-order chi connectivity index (χ1) is 19.1. The van der Waals surface area contributed by atoms with Crippen molar-refractivity contribution in [1.82, 2.24) is 15.3 Å². The van der Waals surface area contributed by atoms with Crippen molar-refractivity contribution in [2.45, 2.75) is 60.0 Å². The van der Waals surface area contributed by atoms with Crippen LogP contribution in [0.1, 0.15) is 59.9 Å². The molecule has 0 aliphatic heterocycles. The van der Waals surface area contributed by atoms with Gasteiger partial charge in [0.05, 0.1) is 16.9 Å². The van der Waals surface area contributed by atoms with E-state index in [1.165, 1.54) is 0 Å². The molecule has 0 radical (unpaired) electrons. The highest BCUT2D eigenvalue weighted by Crippen LogP contribution is 2.22. The number of aliphatic imine (C=N–C) groups is 1. The number of rotatable bonds is 8. The van der Waals surface area contributed by atoms with E-state index in [-0.39, 0.29) is 6.09 Å². The number of carbonyl (C=O) groups excluding carboxylic acids is 2. The molecule has 1 aromatic carbocycles. The summed E-state index contributed by atoms with van der Waals surface area (Å²) in [5, 5.41) is 3.75. The minimum absolute atomic E-state index is 0.323. The number of methoxy groups -OCH3 is 1. The summed E-state index contributed by atoms with van der Waals surface area (Å²) in [6.45, 7) is 12.9. The summed E-state index contributed by atoms with van der Waals surface area (Å²) in [6.07, 6.45) is 7.91. The highest BCUT2D eigenvalue weighted by Gasteiger charge is 2.15. The first-order valence-electron chi connectivity index (χ1n) is 13.5.